The molecule has 0 atom stereocenters. The maximum Gasteiger partial charge on any atom is 0.179 e. The summed E-state index contributed by atoms with van der Waals surface area (Å²) in [7, 11) is -7.45. The zero-order valence-electron chi connectivity index (χ0n) is 34.7. The summed E-state index contributed by atoms with van der Waals surface area (Å²) in [4.78, 5) is 3.62. The molecule has 0 radical (unpaired) electrons. The summed E-state index contributed by atoms with van der Waals surface area (Å²) in [6, 6.07) is 40.9. The number of benzene rings is 6. The first-order valence-electron chi connectivity index (χ1n) is 21.8. The fourth-order valence-electron chi connectivity index (χ4n) is 8.68. The molecule has 8 rings (SSSR count). The van der Waals surface area contributed by atoms with Crippen molar-refractivity contribution >= 4 is 85.4 Å². The van der Waals surface area contributed by atoms with Crippen LogP contribution in [-0.4, -0.2) is 28.3 Å². The molecule has 0 aliphatic carbocycles. The van der Waals surface area contributed by atoms with Gasteiger partial charge in [0, 0.05) is 20.9 Å². The minimum atomic E-state index is -3.72. The number of unbranched alkanes of at least 4 members (excludes halogenated alkanes) is 10. The Morgan fingerprint density at radius 2 is 0.683 bits per heavy atom. The second kappa shape index (κ2) is 18.7. The van der Waals surface area contributed by atoms with E-state index in [4.69, 9.17) is 0 Å². The number of sulfone groups is 2. The van der Waals surface area contributed by atoms with E-state index in [-0.39, 0.29) is 11.5 Å². The van der Waals surface area contributed by atoms with Crippen molar-refractivity contribution in [2.45, 2.75) is 101 Å². The first kappa shape index (κ1) is 42.4. The largest absolute Gasteiger partial charge is 0.224 e. The SMILES string of the molecule is CCCCCCCCS(=O)(=O)c1cc(-c2cc(S(=O)(=O)CCCCCCCC)c(-c3c4ccccc4cc4ccccc34)s2)sc1-c1c2ccccc2cc2ccccc12. The van der Waals surface area contributed by atoms with Gasteiger partial charge >= 0.3 is 0 Å². The standard InChI is InChI=1S/C52H54O4S4/c1-3-5-7-9-11-21-31-59(53,54)47-35-45(57-51(47)49-41-27-17-13-23-37(41)33-38-24-14-18-28-42(38)49)46-36-48(60(55,56)32-22-12-10-8-6-4-2)52(58-46)50-43-29-19-15-25-39(43)34-40-26-16-20-30-44(40)50/h13-20,23-30,33-36H,3-12,21-22,31-32H2,1-2H3. The maximum atomic E-state index is 14.7. The maximum absolute atomic E-state index is 14.7. The lowest BCUT2D eigenvalue weighted by atomic mass is 9.96. The quantitative estimate of drug-likeness (QED) is 0.0600. The van der Waals surface area contributed by atoms with E-state index in [1.54, 1.807) is 0 Å². The van der Waals surface area contributed by atoms with Gasteiger partial charge < -0.3 is 0 Å². The number of fused-ring (bicyclic) bond motifs is 4. The topological polar surface area (TPSA) is 68.3 Å². The van der Waals surface area contributed by atoms with Gasteiger partial charge in [0.05, 0.1) is 31.1 Å². The van der Waals surface area contributed by atoms with Crippen LogP contribution in [-0.2, 0) is 19.7 Å². The van der Waals surface area contributed by atoms with Crippen molar-refractivity contribution in [1.29, 1.82) is 0 Å². The van der Waals surface area contributed by atoms with E-state index < -0.39 is 19.7 Å². The van der Waals surface area contributed by atoms with Crippen molar-refractivity contribution in [3.8, 4) is 30.6 Å². The Kier molecular flexibility index (Phi) is 13.2. The van der Waals surface area contributed by atoms with Gasteiger partial charge in [-0.2, -0.15) is 0 Å². The van der Waals surface area contributed by atoms with Gasteiger partial charge in [-0.3, -0.25) is 0 Å². The summed E-state index contributed by atoms with van der Waals surface area (Å²) in [6.45, 7) is 4.37. The fourth-order valence-corrected chi connectivity index (χ4v) is 15.1. The minimum absolute atomic E-state index is 0.0700. The minimum Gasteiger partial charge on any atom is -0.224 e. The Labute approximate surface area is 364 Å². The zero-order chi connectivity index (χ0) is 41.7. The van der Waals surface area contributed by atoms with Crippen molar-refractivity contribution in [3.63, 3.8) is 0 Å². The van der Waals surface area contributed by atoms with Crippen LogP contribution in [0.4, 0.5) is 0 Å². The Balaban J connectivity index is 1.33. The normalized spacial score (nSPS) is 12.4. The van der Waals surface area contributed by atoms with Gasteiger partial charge in [0.1, 0.15) is 0 Å². The summed E-state index contributed by atoms with van der Waals surface area (Å²) in [6.07, 6.45) is 11.8. The number of rotatable bonds is 19. The summed E-state index contributed by atoms with van der Waals surface area (Å²) >= 11 is 2.95. The van der Waals surface area contributed by atoms with Crippen LogP contribution < -0.4 is 0 Å². The molecule has 0 unspecified atom stereocenters. The lowest BCUT2D eigenvalue weighted by Gasteiger charge is -2.13. The first-order chi connectivity index (χ1) is 29.2. The average molecular weight is 871 g/mol. The van der Waals surface area contributed by atoms with E-state index in [9.17, 15) is 16.8 Å². The summed E-state index contributed by atoms with van der Waals surface area (Å²) < 4.78 is 58.8. The van der Waals surface area contributed by atoms with Crippen molar-refractivity contribution in [1.82, 2.24) is 0 Å². The highest BCUT2D eigenvalue weighted by atomic mass is 32.2. The van der Waals surface area contributed by atoms with Gasteiger partial charge in [-0.05, 0) is 80.2 Å². The van der Waals surface area contributed by atoms with Crippen LogP contribution in [0.3, 0.4) is 0 Å². The van der Waals surface area contributed by atoms with Crippen molar-refractivity contribution in [3.05, 3.63) is 121 Å². The monoisotopic (exact) mass is 870 g/mol. The fraction of sp³-hybridized carbons (Fsp3) is 0.308. The first-order valence-corrected chi connectivity index (χ1v) is 26.7. The van der Waals surface area contributed by atoms with E-state index in [0.29, 0.717) is 32.4 Å². The predicted octanol–water partition coefficient (Wildman–Crippen LogP) is 15.7. The van der Waals surface area contributed by atoms with Crippen LogP contribution in [0.2, 0.25) is 0 Å². The molecule has 310 valence electrons. The average Bonchev–Trinajstić information content (AvgIpc) is 3.91. The van der Waals surface area contributed by atoms with E-state index >= 15 is 0 Å². The molecule has 0 aliphatic heterocycles. The summed E-state index contributed by atoms with van der Waals surface area (Å²) in [5.74, 6) is 0.140. The molecule has 0 fully saturated rings. The number of thiophene rings is 2. The third kappa shape index (κ3) is 8.85. The smallest absolute Gasteiger partial charge is 0.179 e. The lowest BCUT2D eigenvalue weighted by Crippen LogP contribution is -2.07. The molecule has 0 saturated carbocycles. The van der Waals surface area contributed by atoms with Crippen LogP contribution in [0, 0.1) is 0 Å². The summed E-state index contributed by atoms with van der Waals surface area (Å²) in [5, 5.41) is 8.17. The Hall–Kier alpha value is -4.34. The second-order valence-electron chi connectivity index (χ2n) is 16.2. The molecular weight excluding hydrogens is 817 g/mol. The molecule has 60 heavy (non-hydrogen) atoms. The molecule has 0 aliphatic rings. The van der Waals surface area contributed by atoms with Crippen LogP contribution in [0.25, 0.3) is 73.7 Å². The predicted molar refractivity (Wildman–Crippen MR) is 259 cm³/mol. The zero-order valence-corrected chi connectivity index (χ0v) is 38.0. The van der Waals surface area contributed by atoms with E-state index in [0.717, 1.165) is 128 Å². The van der Waals surface area contributed by atoms with E-state index in [1.165, 1.54) is 22.7 Å². The molecule has 0 bridgehead atoms. The van der Waals surface area contributed by atoms with Gasteiger partial charge in [-0.1, -0.05) is 175 Å². The van der Waals surface area contributed by atoms with Gasteiger partial charge in [-0.25, -0.2) is 16.8 Å². The van der Waals surface area contributed by atoms with Crippen molar-refractivity contribution < 1.29 is 16.8 Å². The molecule has 8 heteroatoms. The van der Waals surface area contributed by atoms with Gasteiger partial charge in [0.15, 0.2) is 19.7 Å². The van der Waals surface area contributed by atoms with Crippen LogP contribution in [0.1, 0.15) is 90.9 Å². The van der Waals surface area contributed by atoms with Crippen LogP contribution in [0.15, 0.2) is 131 Å². The number of hydrogen-bond donors (Lipinski definition) is 0. The molecular formula is C52H54O4S4. The molecule has 2 aromatic heterocycles. The van der Waals surface area contributed by atoms with Crippen molar-refractivity contribution in [2.75, 3.05) is 11.5 Å². The third-order valence-corrected chi connectivity index (χ3v) is 18.2. The molecule has 4 nitrogen and oxygen atoms in total. The Morgan fingerprint density at radius 1 is 0.383 bits per heavy atom. The van der Waals surface area contributed by atoms with Gasteiger partial charge in [0.2, 0.25) is 0 Å². The van der Waals surface area contributed by atoms with Crippen LogP contribution in [0.5, 0.6) is 0 Å². The Bertz CT molecular complexity index is 2700. The third-order valence-electron chi connectivity index (χ3n) is 11.8. The molecule has 0 N–H and O–H groups in total. The Morgan fingerprint density at radius 3 is 1.02 bits per heavy atom. The van der Waals surface area contributed by atoms with Gasteiger partial charge in [-0.15, -0.1) is 22.7 Å². The highest BCUT2D eigenvalue weighted by molar-refractivity contribution is 7.92. The van der Waals surface area contributed by atoms with E-state index in [1.807, 2.05) is 60.7 Å². The van der Waals surface area contributed by atoms with Gasteiger partial charge in [0.25, 0.3) is 0 Å². The summed E-state index contributed by atoms with van der Waals surface area (Å²) in [5.41, 5.74) is 1.82. The lowest BCUT2D eigenvalue weighted by molar-refractivity contribution is 0.583. The molecule has 0 spiro atoms. The molecule has 0 amide bonds. The van der Waals surface area contributed by atoms with E-state index in [2.05, 4.69) is 74.5 Å². The highest BCUT2D eigenvalue weighted by Crippen LogP contribution is 2.51. The molecule has 2 heterocycles. The van der Waals surface area contributed by atoms with Crippen molar-refractivity contribution in [2.24, 2.45) is 0 Å². The number of hydrogen-bond acceptors (Lipinski definition) is 6. The molecule has 0 saturated heterocycles. The van der Waals surface area contributed by atoms with Crippen LogP contribution >= 0.6 is 22.7 Å². The highest BCUT2D eigenvalue weighted by Gasteiger charge is 2.30. The molecule has 8 aromatic rings. The molecule has 6 aromatic carbocycles. The second-order valence-corrected chi connectivity index (χ2v) is 22.4.